The van der Waals surface area contributed by atoms with Gasteiger partial charge in [0.1, 0.15) is 0 Å². The number of fused-ring (bicyclic) bond motifs is 2. The Morgan fingerprint density at radius 2 is 1.29 bits per heavy atom. The zero-order valence-corrected chi connectivity index (χ0v) is 16.9. The van der Waals surface area contributed by atoms with Gasteiger partial charge < -0.3 is 5.32 Å². The maximum Gasteiger partial charge on any atom is 0.196 e. The van der Waals surface area contributed by atoms with Crippen molar-refractivity contribution in [3.8, 4) is 0 Å². The molecule has 3 aromatic carbocycles. The molecule has 3 nitrogen and oxygen atoms in total. The van der Waals surface area contributed by atoms with Crippen molar-refractivity contribution in [1.82, 2.24) is 0 Å². The molecule has 0 atom stereocenters. The summed E-state index contributed by atoms with van der Waals surface area (Å²) < 4.78 is 1.14. The molecule has 28 heavy (non-hydrogen) atoms. The fourth-order valence-corrected chi connectivity index (χ4v) is 4.13. The molecule has 0 saturated carbocycles. The van der Waals surface area contributed by atoms with E-state index in [0.717, 1.165) is 26.1 Å². The number of carbonyl (C=O) groups is 2. The van der Waals surface area contributed by atoms with Gasteiger partial charge in [0.25, 0.3) is 0 Å². The predicted octanol–water partition coefficient (Wildman–Crippen LogP) is 5.59. The van der Waals surface area contributed by atoms with Gasteiger partial charge in [0.05, 0.1) is 11.3 Å². The lowest BCUT2D eigenvalue weighted by Crippen LogP contribution is -2.03. The average molecular weight is 475 g/mol. The maximum atomic E-state index is 13.3. The number of nitrogens with one attached hydrogen (secondary N) is 1. The topological polar surface area (TPSA) is 46.2 Å². The van der Waals surface area contributed by atoms with E-state index in [1.54, 1.807) is 12.1 Å². The third-order valence-corrected chi connectivity index (χ3v) is 5.78. The Bertz CT molecular complexity index is 1220. The first-order chi connectivity index (χ1) is 13.6. The highest BCUT2D eigenvalue weighted by atomic mass is 127. The van der Waals surface area contributed by atoms with Gasteiger partial charge in [-0.15, -0.1) is 0 Å². The van der Waals surface area contributed by atoms with E-state index in [2.05, 4.69) is 27.9 Å². The number of allylic oxidation sites excluding steroid dienone is 3. The van der Waals surface area contributed by atoms with E-state index in [9.17, 15) is 9.59 Å². The Morgan fingerprint density at radius 1 is 0.679 bits per heavy atom. The lowest BCUT2D eigenvalue weighted by molar-refractivity contribution is 0.104. The molecule has 0 bridgehead atoms. The second-order valence-electron chi connectivity index (χ2n) is 6.72. The Labute approximate surface area is 175 Å². The number of hydrogen-bond acceptors (Lipinski definition) is 3. The van der Waals surface area contributed by atoms with E-state index in [1.165, 1.54) is 0 Å². The van der Waals surface area contributed by atoms with Crippen LogP contribution in [0.5, 0.6) is 0 Å². The molecule has 0 radical (unpaired) electrons. The van der Waals surface area contributed by atoms with Crippen LogP contribution in [0.2, 0.25) is 0 Å². The van der Waals surface area contributed by atoms with Crippen LogP contribution in [-0.2, 0) is 0 Å². The van der Waals surface area contributed by atoms with Crippen molar-refractivity contribution in [2.24, 2.45) is 0 Å². The number of benzene rings is 3. The van der Waals surface area contributed by atoms with Crippen molar-refractivity contribution in [2.45, 2.75) is 0 Å². The summed E-state index contributed by atoms with van der Waals surface area (Å²) in [6, 6.07) is 23.0. The Morgan fingerprint density at radius 3 is 2.00 bits per heavy atom. The number of halogens is 1. The molecule has 1 N–H and O–H groups in total. The first-order valence-corrected chi connectivity index (χ1v) is 9.98. The zero-order chi connectivity index (χ0) is 19.3. The van der Waals surface area contributed by atoms with Gasteiger partial charge >= 0.3 is 0 Å². The van der Waals surface area contributed by atoms with Crippen molar-refractivity contribution < 1.29 is 9.59 Å². The minimum absolute atomic E-state index is 0.0561. The lowest BCUT2D eigenvalue weighted by atomic mass is 9.96. The Kier molecular flexibility index (Phi) is 4.02. The summed E-state index contributed by atoms with van der Waals surface area (Å²) in [7, 11) is 0. The summed E-state index contributed by atoms with van der Waals surface area (Å²) in [4.78, 5) is 25.8. The van der Waals surface area contributed by atoms with Crippen LogP contribution in [0.25, 0.3) is 11.3 Å². The van der Waals surface area contributed by atoms with Gasteiger partial charge in [0, 0.05) is 25.9 Å². The quantitative estimate of drug-likeness (QED) is 0.503. The fraction of sp³-hybridized carbons (Fsp3) is 0. The van der Waals surface area contributed by atoms with Crippen LogP contribution in [-0.4, -0.2) is 11.6 Å². The summed E-state index contributed by atoms with van der Waals surface area (Å²) in [6.45, 7) is 0. The second kappa shape index (κ2) is 6.56. The number of ketones is 2. The van der Waals surface area contributed by atoms with Crippen LogP contribution >= 0.6 is 22.6 Å². The lowest BCUT2D eigenvalue weighted by Gasteiger charge is -2.13. The molecule has 4 heteroatoms. The van der Waals surface area contributed by atoms with Crippen molar-refractivity contribution in [1.29, 1.82) is 0 Å². The van der Waals surface area contributed by atoms with Gasteiger partial charge in [-0.05, 0) is 64.1 Å². The highest BCUT2D eigenvalue weighted by Gasteiger charge is 2.35. The molecule has 0 amide bonds. The van der Waals surface area contributed by atoms with E-state index in [1.807, 2.05) is 66.7 Å². The first kappa shape index (κ1) is 17.1. The number of Topliss-reactive ketones (excluding diaryl/α,β-unsaturated/α-hetero) is 1. The number of anilines is 1. The molecule has 0 aliphatic heterocycles. The molecule has 2 aliphatic rings. The van der Waals surface area contributed by atoms with Crippen LogP contribution < -0.4 is 5.32 Å². The van der Waals surface area contributed by atoms with E-state index in [4.69, 9.17) is 0 Å². The fourth-order valence-electron chi connectivity index (χ4n) is 3.77. The molecule has 0 heterocycles. The van der Waals surface area contributed by atoms with Crippen molar-refractivity contribution in [2.75, 3.05) is 5.32 Å². The van der Waals surface area contributed by atoms with Gasteiger partial charge in [-0.25, -0.2) is 0 Å². The van der Waals surface area contributed by atoms with E-state index >= 15 is 0 Å². The Balaban J connectivity index is 1.71. The smallest absolute Gasteiger partial charge is 0.196 e. The van der Waals surface area contributed by atoms with Crippen LogP contribution in [0.3, 0.4) is 0 Å². The van der Waals surface area contributed by atoms with Crippen molar-refractivity contribution >= 4 is 51.1 Å². The van der Waals surface area contributed by atoms with Crippen molar-refractivity contribution in [3.63, 3.8) is 0 Å². The number of hydrogen-bond donors (Lipinski definition) is 1. The predicted molar refractivity (Wildman–Crippen MR) is 119 cm³/mol. The van der Waals surface area contributed by atoms with Crippen LogP contribution in [0.4, 0.5) is 5.69 Å². The van der Waals surface area contributed by atoms with Gasteiger partial charge in [-0.2, -0.15) is 0 Å². The number of carbonyl (C=O) groups excluding carboxylic acids is 2. The summed E-state index contributed by atoms with van der Waals surface area (Å²) in [6.07, 6.45) is 1.58. The first-order valence-electron chi connectivity index (χ1n) is 8.90. The monoisotopic (exact) mass is 475 g/mol. The average Bonchev–Trinajstić information content (AvgIpc) is 3.19. The normalized spacial score (nSPS) is 14.8. The summed E-state index contributed by atoms with van der Waals surface area (Å²) in [5.41, 5.74) is 5.86. The molecular weight excluding hydrogens is 461 g/mol. The molecule has 0 spiro atoms. The third kappa shape index (κ3) is 2.64. The van der Waals surface area contributed by atoms with Crippen molar-refractivity contribution in [3.05, 3.63) is 110 Å². The SMILES string of the molecule is O=C1C=C(C2=C(Nc3ccc(I)cc3)c3ccccc3C2=O)c2ccccc21. The summed E-state index contributed by atoms with van der Waals surface area (Å²) >= 11 is 2.26. The van der Waals surface area contributed by atoms with Gasteiger partial charge in [-0.3, -0.25) is 9.59 Å². The molecule has 0 aromatic heterocycles. The van der Waals surface area contributed by atoms with E-state index < -0.39 is 0 Å². The number of rotatable bonds is 3. The maximum absolute atomic E-state index is 13.3. The highest BCUT2D eigenvalue weighted by molar-refractivity contribution is 14.1. The molecule has 0 fully saturated rings. The molecule has 5 rings (SSSR count). The molecule has 2 aliphatic carbocycles. The zero-order valence-electron chi connectivity index (χ0n) is 14.7. The van der Waals surface area contributed by atoms with E-state index in [0.29, 0.717) is 22.3 Å². The van der Waals surface area contributed by atoms with Gasteiger partial charge in [0.15, 0.2) is 11.6 Å². The standard InChI is InChI=1S/C24H14INO2/c25-14-9-11-15(12-10-14)26-23-18-7-3-4-8-19(18)24(28)22(23)20-13-21(27)17-6-2-1-5-16(17)20/h1-13,26H. The Hall–Kier alpha value is -2.99. The van der Waals surface area contributed by atoms with Crippen LogP contribution in [0, 0.1) is 3.57 Å². The largest absolute Gasteiger partial charge is 0.354 e. The highest BCUT2D eigenvalue weighted by Crippen LogP contribution is 2.43. The molecular formula is C24H14INO2. The molecule has 0 saturated heterocycles. The van der Waals surface area contributed by atoms with E-state index in [-0.39, 0.29) is 11.6 Å². The summed E-state index contributed by atoms with van der Waals surface area (Å²) in [5.74, 6) is -0.116. The molecule has 0 unspecified atom stereocenters. The van der Waals surface area contributed by atoms with Crippen LogP contribution in [0.15, 0.2) is 84.4 Å². The summed E-state index contributed by atoms with van der Waals surface area (Å²) in [5, 5.41) is 3.43. The minimum atomic E-state index is -0.0597. The minimum Gasteiger partial charge on any atom is -0.354 e. The van der Waals surface area contributed by atoms with Gasteiger partial charge in [-0.1, -0.05) is 48.5 Å². The van der Waals surface area contributed by atoms with Crippen LogP contribution in [0.1, 0.15) is 31.8 Å². The second-order valence-corrected chi connectivity index (χ2v) is 7.97. The van der Waals surface area contributed by atoms with Gasteiger partial charge in [0.2, 0.25) is 0 Å². The molecule has 134 valence electrons. The molecule has 3 aromatic rings. The third-order valence-electron chi connectivity index (χ3n) is 5.06.